The summed E-state index contributed by atoms with van der Waals surface area (Å²) in [6.07, 6.45) is 7.16. The van der Waals surface area contributed by atoms with Gasteiger partial charge in [0.2, 0.25) is 0 Å². The topological polar surface area (TPSA) is 161 Å². The third-order valence-corrected chi connectivity index (χ3v) is 9.56. The normalized spacial score (nSPS) is 20.8. The lowest BCUT2D eigenvalue weighted by atomic mass is 9.75. The first-order valence-corrected chi connectivity index (χ1v) is 15.4. The Kier molecular flexibility index (Phi) is 9.76. The minimum atomic E-state index is -4.59. The number of rotatable bonds is 9. The quantitative estimate of drug-likeness (QED) is 0.355. The first kappa shape index (κ1) is 34.1. The third kappa shape index (κ3) is 6.90. The number of carbonyl (C=O) groups excluding carboxylic acids is 2. The number of nitrogens with zero attached hydrogens (tertiary/aromatic N) is 4. The van der Waals surface area contributed by atoms with Gasteiger partial charge in [-0.05, 0) is 60.8 Å². The maximum Gasteiger partial charge on any atom is 0.419 e. The number of hydrogen-bond acceptors (Lipinski definition) is 9. The molecule has 3 aliphatic rings. The molecule has 2 aliphatic heterocycles. The number of carbonyl (C=O) groups is 3. The summed E-state index contributed by atoms with van der Waals surface area (Å²) >= 11 is 0. The van der Waals surface area contributed by atoms with Crippen LogP contribution in [0.1, 0.15) is 73.4 Å². The molecule has 1 amide bonds. The van der Waals surface area contributed by atoms with Gasteiger partial charge in [0.25, 0.3) is 5.91 Å². The number of carboxylic acid groups (broad SMARTS) is 1. The lowest BCUT2D eigenvalue weighted by Crippen LogP contribution is -2.64. The number of aromatic nitrogens is 2. The van der Waals surface area contributed by atoms with Crippen molar-refractivity contribution >= 4 is 29.1 Å². The summed E-state index contributed by atoms with van der Waals surface area (Å²) in [6.45, 7) is 5.40. The molecule has 2 aromatic rings. The molecule has 1 aliphatic carbocycles. The van der Waals surface area contributed by atoms with E-state index in [0.29, 0.717) is 31.7 Å². The highest BCUT2D eigenvalue weighted by molar-refractivity contribution is 6.03. The smallest absolute Gasteiger partial charge is 0.419 e. The molecular weight excluding hydrogens is 621 g/mol. The molecule has 2 saturated heterocycles. The number of H-pyrrole nitrogens is 1. The van der Waals surface area contributed by atoms with Crippen LogP contribution < -0.4 is 5.32 Å². The van der Waals surface area contributed by atoms with Crippen LogP contribution in [0.4, 0.5) is 19.0 Å². The van der Waals surface area contributed by atoms with Gasteiger partial charge in [0.1, 0.15) is 11.8 Å². The first-order chi connectivity index (χ1) is 22.3. The number of carboxylic acids is 1. The van der Waals surface area contributed by atoms with E-state index in [1.807, 2.05) is 24.3 Å². The number of hydrogen-bond donors (Lipinski definition) is 3. The van der Waals surface area contributed by atoms with Gasteiger partial charge in [-0.2, -0.15) is 14.0 Å². The molecular formula is C32H37F3N6O6. The van der Waals surface area contributed by atoms with Gasteiger partial charge in [-0.1, -0.05) is 26.0 Å². The number of nitriles is 1. The largest absolute Gasteiger partial charge is 0.480 e. The van der Waals surface area contributed by atoms with E-state index in [-0.39, 0.29) is 43.1 Å². The average Bonchev–Trinajstić information content (AvgIpc) is 3.55. The van der Waals surface area contributed by atoms with Gasteiger partial charge in [-0.3, -0.25) is 19.4 Å². The van der Waals surface area contributed by atoms with Gasteiger partial charge in [-0.25, -0.2) is 14.7 Å². The number of nitrogens with one attached hydrogen (secondary N) is 2. The minimum Gasteiger partial charge on any atom is -0.480 e. The number of imidazole rings is 1. The highest BCUT2D eigenvalue weighted by Gasteiger charge is 2.57. The van der Waals surface area contributed by atoms with Crippen LogP contribution in [0.3, 0.4) is 0 Å². The van der Waals surface area contributed by atoms with Crippen LogP contribution in [0.2, 0.25) is 0 Å². The molecule has 12 nitrogen and oxygen atoms in total. The van der Waals surface area contributed by atoms with E-state index < -0.39 is 35.3 Å². The average molecular weight is 659 g/mol. The van der Waals surface area contributed by atoms with Gasteiger partial charge >= 0.3 is 17.9 Å². The van der Waals surface area contributed by atoms with Crippen molar-refractivity contribution < 1.29 is 42.5 Å². The summed E-state index contributed by atoms with van der Waals surface area (Å²) in [5.41, 5.74) is 3.08. The van der Waals surface area contributed by atoms with Crippen molar-refractivity contribution in [1.82, 2.24) is 19.8 Å². The number of ether oxygens (including phenoxy) is 1. The minimum absolute atomic E-state index is 0.000811. The van der Waals surface area contributed by atoms with E-state index in [9.17, 15) is 32.8 Å². The van der Waals surface area contributed by atoms with Gasteiger partial charge < -0.3 is 20.1 Å². The summed E-state index contributed by atoms with van der Waals surface area (Å²) in [7, 11) is 0. The van der Waals surface area contributed by atoms with Crippen LogP contribution in [-0.4, -0.2) is 94.1 Å². The summed E-state index contributed by atoms with van der Waals surface area (Å²) in [5, 5.41) is 21.6. The number of alkyl halides is 2. The molecule has 1 unspecified atom stereocenters. The number of anilines is 1. The monoisotopic (exact) mass is 658 g/mol. The van der Waals surface area contributed by atoms with Crippen molar-refractivity contribution in [2.24, 2.45) is 5.41 Å². The molecule has 1 atom stereocenters. The van der Waals surface area contributed by atoms with Crippen molar-refractivity contribution in [1.29, 1.82) is 5.26 Å². The molecule has 0 bridgehead atoms. The zero-order valence-electron chi connectivity index (χ0n) is 26.2. The molecule has 252 valence electrons. The predicted octanol–water partition coefficient (Wildman–Crippen LogP) is 4.27. The molecule has 15 heteroatoms. The Balaban J connectivity index is 1.47. The molecule has 0 saturated carbocycles. The van der Waals surface area contributed by atoms with Crippen LogP contribution in [0.15, 0.2) is 30.5 Å². The number of aliphatic carboxylic acids is 1. The fourth-order valence-corrected chi connectivity index (χ4v) is 6.81. The van der Waals surface area contributed by atoms with Gasteiger partial charge in [0, 0.05) is 55.2 Å². The summed E-state index contributed by atoms with van der Waals surface area (Å²) in [6, 6.07) is 5.12. The Labute approximate surface area is 269 Å². The number of benzene rings is 1. The number of piperazine rings is 1. The van der Waals surface area contributed by atoms with Crippen LogP contribution in [0.5, 0.6) is 0 Å². The maximum absolute atomic E-state index is 14.6. The van der Waals surface area contributed by atoms with E-state index in [2.05, 4.69) is 45.0 Å². The molecule has 1 aromatic carbocycles. The maximum atomic E-state index is 14.6. The van der Waals surface area contributed by atoms with E-state index in [4.69, 9.17) is 10.00 Å². The molecule has 47 heavy (non-hydrogen) atoms. The standard InChI is InChI=1S/C32H37F3N6O6/c1-30(2)7-5-20(6-8-30)23-17-21(3-4-24(23)39-27(42)26-37-19-22(18-36)38-26)31(9-15-46-16-10-31)41-13-11-40(12-14-41)25(28(43)44)32(33,34)29(45)47-35/h3-5,17,19,25H,6-16H2,1-2H3,(H,37,38)(H,39,42)(H,43,44). The van der Waals surface area contributed by atoms with Gasteiger partial charge in [0.15, 0.2) is 11.9 Å². The highest BCUT2D eigenvalue weighted by Crippen LogP contribution is 2.44. The fraction of sp³-hybridized carbons (Fsp3) is 0.531. The summed E-state index contributed by atoms with van der Waals surface area (Å²) < 4.78 is 47.4. The Bertz CT molecular complexity index is 1590. The molecule has 5 rings (SSSR count). The Morgan fingerprint density at radius 3 is 2.45 bits per heavy atom. The summed E-state index contributed by atoms with van der Waals surface area (Å²) in [5.74, 6) is -9.61. The zero-order valence-corrected chi connectivity index (χ0v) is 26.2. The van der Waals surface area contributed by atoms with Crippen LogP contribution in [0, 0.1) is 16.7 Å². The number of amides is 1. The van der Waals surface area contributed by atoms with Crippen LogP contribution >= 0.6 is 0 Å². The molecule has 3 heterocycles. The van der Waals surface area contributed by atoms with Crippen LogP contribution in [0.25, 0.3) is 5.57 Å². The fourth-order valence-electron chi connectivity index (χ4n) is 6.81. The molecule has 0 radical (unpaired) electrons. The summed E-state index contributed by atoms with van der Waals surface area (Å²) in [4.78, 5) is 48.9. The van der Waals surface area contributed by atoms with Crippen molar-refractivity contribution in [3.05, 3.63) is 53.1 Å². The van der Waals surface area contributed by atoms with E-state index in [1.54, 1.807) is 0 Å². The van der Waals surface area contributed by atoms with Gasteiger partial charge in [0.05, 0.1) is 11.7 Å². The second-order valence-corrected chi connectivity index (χ2v) is 13.0. The lowest BCUT2D eigenvalue weighted by Gasteiger charge is -2.51. The molecule has 1 aromatic heterocycles. The van der Waals surface area contributed by atoms with Crippen molar-refractivity contribution in [2.45, 2.75) is 63.5 Å². The lowest BCUT2D eigenvalue weighted by molar-refractivity contribution is -0.223. The first-order valence-electron chi connectivity index (χ1n) is 15.4. The predicted molar refractivity (Wildman–Crippen MR) is 162 cm³/mol. The van der Waals surface area contributed by atoms with E-state index in [1.165, 1.54) is 6.20 Å². The molecule has 3 N–H and O–H groups in total. The molecule has 2 fully saturated rings. The zero-order chi connectivity index (χ0) is 34.0. The highest BCUT2D eigenvalue weighted by atomic mass is 19.3. The second kappa shape index (κ2) is 13.5. The Morgan fingerprint density at radius 1 is 1.17 bits per heavy atom. The SMILES string of the molecule is CC1(C)CC=C(c2cc(C3(N4CCN(C(C(=O)O)C(F)(F)C(=O)OF)CC4)CCOCC3)ccc2NC(=O)c2ncc(C#N)[nH]2)CC1. The Hall–Kier alpha value is -4.26. The van der Waals surface area contributed by atoms with Crippen molar-refractivity contribution in [3.8, 4) is 6.07 Å². The number of aromatic amines is 1. The van der Waals surface area contributed by atoms with Gasteiger partial charge in [-0.15, -0.1) is 0 Å². The molecule has 0 spiro atoms. The van der Waals surface area contributed by atoms with E-state index in [0.717, 1.165) is 40.9 Å². The van der Waals surface area contributed by atoms with E-state index >= 15 is 0 Å². The number of halogens is 3. The third-order valence-electron chi connectivity index (χ3n) is 9.56. The number of allylic oxidation sites excluding steroid dienone is 2. The van der Waals surface area contributed by atoms with Crippen molar-refractivity contribution in [3.63, 3.8) is 0 Å². The second-order valence-electron chi connectivity index (χ2n) is 13.0. The Morgan fingerprint density at radius 2 is 1.87 bits per heavy atom. The van der Waals surface area contributed by atoms with Crippen molar-refractivity contribution in [2.75, 3.05) is 44.7 Å². The van der Waals surface area contributed by atoms with Crippen LogP contribution in [-0.2, 0) is 24.8 Å².